The van der Waals surface area contributed by atoms with Crippen molar-refractivity contribution >= 4 is 11.6 Å². The van der Waals surface area contributed by atoms with Crippen molar-refractivity contribution < 1.29 is 4.39 Å². The first-order valence-corrected chi connectivity index (χ1v) is 6.46. The fraction of sp³-hybridized carbons (Fsp3) is 0.467. The molecule has 0 radical (unpaired) electrons. The summed E-state index contributed by atoms with van der Waals surface area (Å²) in [4.78, 5) is 0. The van der Waals surface area contributed by atoms with E-state index in [1.165, 1.54) is 11.6 Å². The first kappa shape index (κ1) is 12.6. The summed E-state index contributed by atoms with van der Waals surface area (Å²) in [6, 6.07) is 6.81. The van der Waals surface area contributed by atoms with E-state index in [0.29, 0.717) is 0 Å². The molecule has 92 valence electrons. The molecule has 1 aliphatic carbocycles. The van der Waals surface area contributed by atoms with Gasteiger partial charge in [-0.3, -0.25) is 0 Å². The van der Waals surface area contributed by atoms with Gasteiger partial charge in [-0.25, -0.2) is 4.39 Å². The molecule has 0 aliphatic heterocycles. The first-order valence-electron chi connectivity index (χ1n) is 6.03. The van der Waals surface area contributed by atoms with E-state index in [4.69, 9.17) is 11.6 Å². The van der Waals surface area contributed by atoms with Crippen LogP contribution in [0.3, 0.4) is 0 Å². The fourth-order valence-electron chi connectivity index (χ4n) is 2.62. The topological polar surface area (TPSA) is 0 Å². The lowest BCUT2D eigenvalue weighted by Gasteiger charge is -2.32. The summed E-state index contributed by atoms with van der Waals surface area (Å²) in [6.07, 6.45) is 5.01. The molecule has 1 unspecified atom stereocenters. The molecular weight excluding hydrogens is 235 g/mol. The minimum atomic E-state index is -0.166. The molecule has 0 heterocycles. The van der Waals surface area contributed by atoms with Gasteiger partial charge in [-0.1, -0.05) is 37.6 Å². The molecule has 0 saturated carbocycles. The maximum Gasteiger partial charge on any atom is 0.123 e. The highest BCUT2D eigenvalue weighted by Crippen LogP contribution is 2.38. The smallest absolute Gasteiger partial charge is 0.123 e. The summed E-state index contributed by atoms with van der Waals surface area (Å²) in [6.45, 7) is 4.47. The number of alkyl halides is 1. The summed E-state index contributed by atoms with van der Waals surface area (Å²) in [5, 5.41) is 0.113. The van der Waals surface area contributed by atoms with Crippen LogP contribution in [0.25, 0.3) is 0 Å². The molecule has 0 aromatic heterocycles. The van der Waals surface area contributed by atoms with Crippen LogP contribution in [-0.4, -0.2) is 5.38 Å². The maximum atomic E-state index is 13.1. The Morgan fingerprint density at radius 2 is 2.18 bits per heavy atom. The van der Waals surface area contributed by atoms with Crippen molar-refractivity contribution in [1.29, 1.82) is 0 Å². The number of rotatable bonds is 2. The Labute approximate surface area is 107 Å². The van der Waals surface area contributed by atoms with Crippen LogP contribution in [-0.2, 0) is 6.42 Å². The highest BCUT2D eigenvalue weighted by atomic mass is 35.5. The van der Waals surface area contributed by atoms with Crippen LogP contribution < -0.4 is 0 Å². The third-order valence-electron chi connectivity index (χ3n) is 3.19. The number of benzene rings is 1. The van der Waals surface area contributed by atoms with Gasteiger partial charge in [0, 0.05) is 0 Å². The Bertz CT molecular complexity index is 434. The zero-order chi connectivity index (χ0) is 12.5. The average molecular weight is 253 g/mol. The molecule has 0 amide bonds. The van der Waals surface area contributed by atoms with E-state index < -0.39 is 0 Å². The lowest BCUT2D eigenvalue weighted by molar-refractivity contribution is 0.320. The van der Waals surface area contributed by atoms with Gasteiger partial charge < -0.3 is 0 Å². The lowest BCUT2D eigenvalue weighted by Crippen LogP contribution is -2.22. The van der Waals surface area contributed by atoms with Crippen molar-refractivity contribution in [3.05, 3.63) is 47.3 Å². The summed E-state index contributed by atoms with van der Waals surface area (Å²) < 4.78 is 13.1. The van der Waals surface area contributed by atoms with Crippen LogP contribution in [0.2, 0.25) is 0 Å². The maximum absolute atomic E-state index is 13.1. The molecule has 0 bridgehead atoms. The molecule has 1 aliphatic rings. The van der Waals surface area contributed by atoms with Gasteiger partial charge in [-0.2, -0.15) is 0 Å². The zero-order valence-electron chi connectivity index (χ0n) is 10.3. The minimum absolute atomic E-state index is 0.113. The van der Waals surface area contributed by atoms with Crippen molar-refractivity contribution in [2.24, 2.45) is 5.41 Å². The highest BCUT2D eigenvalue weighted by Gasteiger charge is 2.27. The number of hydrogen-bond acceptors (Lipinski definition) is 0. The van der Waals surface area contributed by atoms with E-state index in [2.05, 4.69) is 19.9 Å². The van der Waals surface area contributed by atoms with Crippen molar-refractivity contribution in [2.45, 2.75) is 38.5 Å². The standard InChI is InChI=1S/C15H18ClF/c1-15(2)9-12(7-13(16)10-15)6-11-4-3-5-14(17)8-11/h3-5,7-8,13H,6,9-10H2,1-2H3. The second-order valence-electron chi connectivity index (χ2n) is 5.69. The summed E-state index contributed by atoms with van der Waals surface area (Å²) in [5.74, 6) is -0.166. The van der Waals surface area contributed by atoms with Crippen LogP contribution >= 0.6 is 11.6 Å². The zero-order valence-corrected chi connectivity index (χ0v) is 11.1. The third-order valence-corrected chi connectivity index (χ3v) is 3.47. The molecule has 2 rings (SSSR count). The van der Waals surface area contributed by atoms with Crippen LogP contribution in [0.1, 0.15) is 32.3 Å². The predicted octanol–water partition coefficient (Wildman–Crippen LogP) is 4.72. The van der Waals surface area contributed by atoms with Gasteiger partial charge in [0.2, 0.25) is 0 Å². The Hall–Kier alpha value is -0.820. The van der Waals surface area contributed by atoms with Crippen LogP contribution in [0.4, 0.5) is 4.39 Å². The summed E-state index contributed by atoms with van der Waals surface area (Å²) >= 11 is 6.24. The molecule has 1 atom stereocenters. The number of halogens is 2. The van der Waals surface area contributed by atoms with Crippen molar-refractivity contribution in [3.63, 3.8) is 0 Å². The molecule has 0 N–H and O–H groups in total. The Morgan fingerprint density at radius 3 is 2.82 bits per heavy atom. The summed E-state index contributed by atoms with van der Waals surface area (Å²) in [7, 11) is 0. The third kappa shape index (κ3) is 3.57. The SMILES string of the molecule is CC1(C)CC(Cc2cccc(F)c2)=CC(Cl)C1. The van der Waals surface area contributed by atoms with E-state index in [1.807, 2.05) is 6.07 Å². The van der Waals surface area contributed by atoms with E-state index in [-0.39, 0.29) is 16.6 Å². The van der Waals surface area contributed by atoms with Crippen molar-refractivity contribution in [3.8, 4) is 0 Å². The Kier molecular flexibility index (Phi) is 3.58. The molecule has 17 heavy (non-hydrogen) atoms. The molecule has 0 nitrogen and oxygen atoms in total. The predicted molar refractivity (Wildman–Crippen MR) is 70.8 cm³/mol. The lowest BCUT2D eigenvalue weighted by atomic mass is 9.76. The normalized spacial score (nSPS) is 23.3. The van der Waals surface area contributed by atoms with E-state index in [9.17, 15) is 4.39 Å². The average Bonchev–Trinajstić information content (AvgIpc) is 2.13. The molecule has 1 aromatic carbocycles. The Balaban J connectivity index is 2.14. The van der Waals surface area contributed by atoms with E-state index in [0.717, 1.165) is 24.8 Å². The molecular formula is C15H18ClF. The van der Waals surface area contributed by atoms with Gasteiger partial charge >= 0.3 is 0 Å². The summed E-state index contributed by atoms with van der Waals surface area (Å²) in [5.41, 5.74) is 2.61. The van der Waals surface area contributed by atoms with Gasteiger partial charge in [0.25, 0.3) is 0 Å². The van der Waals surface area contributed by atoms with Crippen molar-refractivity contribution in [2.75, 3.05) is 0 Å². The Morgan fingerprint density at radius 1 is 1.41 bits per heavy atom. The van der Waals surface area contributed by atoms with Gasteiger partial charge in [0.05, 0.1) is 5.38 Å². The molecule has 2 heteroatoms. The van der Waals surface area contributed by atoms with Gasteiger partial charge in [-0.05, 0) is 42.4 Å². The van der Waals surface area contributed by atoms with Gasteiger partial charge in [0.1, 0.15) is 5.82 Å². The number of hydrogen-bond donors (Lipinski definition) is 0. The molecule has 0 saturated heterocycles. The van der Waals surface area contributed by atoms with Crippen LogP contribution in [0, 0.1) is 11.2 Å². The number of allylic oxidation sites excluding steroid dienone is 2. The molecule has 0 spiro atoms. The fourth-order valence-corrected chi connectivity index (χ4v) is 3.21. The quantitative estimate of drug-likeness (QED) is 0.528. The highest BCUT2D eigenvalue weighted by molar-refractivity contribution is 6.21. The second kappa shape index (κ2) is 4.81. The van der Waals surface area contributed by atoms with Gasteiger partial charge in [-0.15, -0.1) is 11.6 Å². The van der Waals surface area contributed by atoms with Crippen molar-refractivity contribution in [1.82, 2.24) is 0 Å². The monoisotopic (exact) mass is 252 g/mol. The van der Waals surface area contributed by atoms with Gasteiger partial charge in [0.15, 0.2) is 0 Å². The van der Waals surface area contributed by atoms with E-state index in [1.54, 1.807) is 12.1 Å². The molecule has 0 fully saturated rings. The molecule has 1 aromatic rings. The van der Waals surface area contributed by atoms with Crippen LogP contribution in [0.15, 0.2) is 35.9 Å². The second-order valence-corrected chi connectivity index (χ2v) is 6.25. The van der Waals surface area contributed by atoms with E-state index >= 15 is 0 Å². The first-order chi connectivity index (χ1) is 7.94. The largest absolute Gasteiger partial charge is 0.207 e. The minimum Gasteiger partial charge on any atom is -0.207 e. The van der Waals surface area contributed by atoms with Crippen LogP contribution in [0.5, 0.6) is 0 Å².